The molecule has 96 valence electrons. The summed E-state index contributed by atoms with van der Waals surface area (Å²) in [6, 6.07) is 3.18. The summed E-state index contributed by atoms with van der Waals surface area (Å²) in [5.74, 6) is 0.529. The number of primary sulfonamides is 1. The summed E-state index contributed by atoms with van der Waals surface area (Å²) in [5.41, 5.74) is 1.06. The van der Waals surface area contributed by atoms with Crippen molar-refractivity contribution in [3.8, 4) is 5.75 Å². The molecule has 0 aliphatic heterocycles. The molecule has 2 N–H and O–H groups in total. The van der Waals surface area contributed by atoms with Crippen molar-refractivity contribution in [3.05, 3.63) is 23.3 Å². The van der Waals surface area contributed by atoms with Crippen LogP contribution in [0, 0.1) is 13.8 Å². The van der Waals surface area contributed by atoms with Gasteiger partial charge in [0, 0.05) is 6.42 Å². The summed E-state index contributed by atoms with van der Waals surface area (Å²) in [5, 5.41) is 5.11. The van der Waals surface area contributed by atoms with Crippen LogP contribution in [0.2, 0.25) is 0 Å². The number of hydrogen-bond acceptors (Lipinski definition) is 3. The summed E-state index contributed by atoms with van der Waals surface area (Å²) < 4.78 is 39.9. The number of nitrogens with two attached hydrogens (primary N) is 1. The summed E-state index contributed by atoms with van der Waals surface area (Å²) >= 11 is 0. The number of alkyl halides is 1. The van der Waals surface area contributed by atoms with Gasteiger partial charge in [0.25, 0.3) is 0 Å². The summed E-state index contributed by atoms with van der Waals surface area (Å²) in [4.78, 5) is 0.121. The molecule has 0 atom stereocenters. The molecular weight excluding hydrogens is 245 g/mol. The summed E-state index contributed by atoms with van der Waals surface area (Å²) in [6.45, 7) is 3.13. The Morgan fingerprint density at radius 2 is 1.82 bits per heavy atom. The average molecular weight is 261 g/mol. The van der Waals surface area contributed by atoms with Gasteiger partial charge in [-0.3, -0.25) is 4.39 Å². The molecule has 0 fully saturated rings. The van der Waals surface area contributed by atoms with Gasteiger partial charge in [0.15, 0.2) is 0 Å². The maximum atomic E-state index is 11.9. The fourth-order valence-corrected chi connectivity index (χ4v) is 2.70. The highest BCUT2D eigenvalue weighted by atomic mass is 32.2. The third kappa shape index (κ3) is 3.67. The predicted octanol–water partition coefficient (Wildman–Crippen LogP) is 1.69. The van der Waals surface area contributed by atoms with Gasteiger partial charge in [-0.1, -0.05) is 0 Å². The first kappa shape index (κ1) is 13.9. The fraction of sp³-hybridized carbons (Fsp3) is 0.455. The van der Waals surface area contributed by atoms with Crippen molar-refractivity contribution in [2.45, 2.75) is 25.2 Å². The number of rotatable bonds is 5. The Morgan fingerprint density at radius 3 is 2.24 bits per heavy atom. The van der Waals surface area contributed by atoms with Gasteiger partial charge in [-0.25, -0.2) is 13.6 Å². The van der Waals surface area contributed by atoms with Crippen molar-refractivity contribution < 1.29 is 17.5 Å². The average Bonchev–Trinajstić information content (AvgIpc) is 2.14. The first-order valence-corrected chi connectivity index (χ1v) is 6.73. The normalized spacial score (nSPS) is 11.5. The van der Waals surface area contributed by atoms with E-state index in [-0.39, 0.29) is 11.5 Å². The highest BCUT2D eigenvalue weighted by Crippen LogP contribution is 2.24. The van der Waals surface area contributed by atoms with E-state index in [4.69, 9.17) is 9.88 Å². The van der Waals surface area contributed by atoms with Gasteiger partial charge in [-0.15, -0.1) is 0 Å². The number of hydrogen-bond donors (Lipinski definition) is 1. The molecule has 17 heavy (non-hydrogen) atoms. The molecule has 6 heteroatoms. The Kier molecular flexibility index (Phi) is 4.47. The van der Waals surface area contributed by atoms with Crippen molar-refractivity contribution in [2.75, 3.05) is 13.3 Å². The number of benzene rings is 1. The van der Waals surface area contributed by atoms with Crippen LogP contribution in [-0.2, 0) is 10.0 Å². The minimum absolute atomic E-state index is 0.121. The Labute approximate surface area is 101 Å². The molecular formula is C11H16FNO3S. The molecule has 0 amide bonds. The van der Waals surface area contributed by atoms with E-state index in [2.05, 4.69) is 0 Å². The van der Waals surface area contributed by atoms with Gasteiger partial charge in [0.1, 0.15) is 5.75 Å². The van der Waals surface area contributed by atoms with Crippen LogP contribution in [0.4, 0.5) is 4.39 Å². The van der Waals surface area contributed by atoms with Crippen molar-refractivity contribution >= 4 is 10.0 Å². The number of sulfonamides is 1. The van der Waals surface area contributed by atoms with Gasteiger partial charge in [0.05, 0.1) is 18.2 Å². The highest BCUT2D eigenvalue weighted by molar-refractivity contribution is 7.89. The predicted molar refractivity (Wildman–Crippen MR) is 63.4 cm³/mol. The van der Waals surface area contributed by atoms with E-state index in [1.165, 1.54) is 0 Å². The monoisotopic (exact) mass is 261 g/mol. The van der Waals surface area contributed by atoms with Gasteiger partial charge in [-0.2, -0.15) is 0 Å². The zero-order valence-electron chi connectivity index (χ0n) is 9.86. The molecule has 0 aliphatic carbocycles. The molecule has 0 saturated carbocycles. The van der Waals surface area contributed by atoms with Crippen LogP contribution in [0.25, 0.3) is 0 Å². The van der Waals surface area contributed by atoms with Crippen molar-refractivity contribution in [3.63, 3.8) is 0 Å². The van der Waals surface area contributed by atoms with Crippen LogP contribution < -0.4 is 9.88 Å². The van der Waals surface area contributed by atoms with Crippen molar-refractivity contribution in [1.82, 2.24) is 0 Å². The number of halogens is 1. The Bertz CT molecular complexity index is 476. The quantitative estimate of drug-likeness (QED) is 0.820. The van der Waals surface area contributed by atoms with Crippen molar-refractivity contribution in [2.24, 2.45) is 5.14 Å². The van der Waals surface area contributed by atoms with Crippen LogP contribution in [-0.4, -0.2) is 21.7 Å². The number of aryl methyl sites for hydroxylation is 2. The Morgan fingerprint density at radius 1 is 1.29 bits per heavy atom. The first-order chi connectivity index (χ1) is 7.86. The summed E-state index contributed by atoms with van der Waals surface area (Å²) in [7, 11) is -3.72. The molecule has 1 aromatic carbocycles. The number of ether oxygens (including phenoxy) is 1. The minimum atomic E-state index is -3.72. The third-order valence-corrected chi connectivity index (χ3v) is 3.48. The van der Waals surface area contributed by atoms with E-state index in [0.29, 0.717) is 23.3 Å². The van der Waals surface area contributed by atoms with Crippen LogP contribution in [0.15, 0.2) is 17.0 Å². The lowest BCUT2D eigenvalue weighted by atomic mass is 10.1. The van der Waals surface area contributed by atoms with Gasteiger partial charge >= 0.3 is 0 Å². The van der Waals surface area contributed by atoms with Crippen LogP contribution >= 0.6 is 0 Å². The SMILES string of the molecule is Cc1cc(OCCCF)cc(C)c1S(N)(=O)=O. The first-order valence-electron chi connectivity index (χ1n) is 5.19. The second-order valence-electron chi connectivity index (χ2n) is 3.82. The van der Waals surface area contributed by atoms with Gasteiger partial charge < -0.3 is 4.74 Å². The lowest BCUT2D eigenvalue weighted by Gasteiger charge is -2.11. The zero-order valence-corrected chi connectivity index (χ0v) is 10.7. The maximum Gasteiger partial charge on any atom is 0.238 e. The van der Waals surface area contributed by atoms with Gasteiger partial charge in [-0.05, 0) is 37.1 Å². The standard InChI is InChI=1S/C11H16FNO3S/c1-8-6-10(16-5-3-4-12)7-9(2)11(8)17(13,14)15/h6-7H,3-5H2,1-2H3,(H2,13,14,15). The second kappa shape index (κ2) is 5.46. The lowest BCUT2D eigenvalue weighted by molar-refractivity contribution is 0.289. The molecule has 1 aromatic rings. The van der Waals surface area contributed by atoms with E-state index in [9.17, 15) is 12.8 Å². The van der Waals surface area contributed by atoms with E-state index in [0.717, 1.165) is 0 Å². The van der Waals surface area contributed by atoms with E-state index >= 15 is 0 Å². The topological polar surface area (TPSA) is 69.4 Å². The Balaban J connectivity index is 3.02. The largest absolute Gasteiger partial charge is 0.493 e. The summed E-state index contributed by atoms with van der Waals surface area (Å²) in [6.07, 6.45) is 0.315. The zero-order chi connectivity index (χ0) is 13.1. The molecule has 0 radical (unpaired) electrons. The molecule has 1 rings (SSSR count). The minimum Gasteiger partial charge on any atom is -0.493 e. The molecule has 4 nitrogen and oxygen atoms in total. The molecule has 0 aliphatic rings. The van der Waals surface area contributed by atoms with Gasteiger partial charge in [0.2, 0.25) is 10.0 Å². The smallest absolute Gasteiger partial charge is 0.238 e. The molecule has 0 saturated heterocycles. The fourth-order valence-electron chi connectivity index (χ4n) is 1.69. The lowest BCUT2D eigenvalue weighted by Crippen LogP contribution is -2.15. The van der Waals surface area contributed by atoms with E-state index in [1.54, 1.807) is 26.0 Å². The van der Waals surface area contributed by atoms with E-state index < -0.39 is 16.7 Å². The molecule has 0 unspecified atom stereocenters. The molecule has 0 aromatic heterocycles. The molecule has 0 spiro atoms. The van der Waals surface area contributed by atoms with Crippen LogP contribution in [0.1, 0.15) is 17.5 Å². The maximum absolute atomic E-state index is 11.9. The molecule has 0 bridgehead atoms. The van der Waals surface area contributed by atoms with Crippen molar-refractivity contribution in [1.29, 1.82) is 0 Å². The highest BCUT2D eigenvalue weighted by Gasteiger charge is 2.15. The van der Waals surface area contributed by atoms with Crippen LogP contribution in [0.5, 0.6) is 5.75 Å². The molecule has 0 heterocycles. The second-order valence-corrected chi connectivity index (χ2v) is 5.32. The Hall–Kier alpha value is -1.14. The third-order valence-electron chi connectivity index (χ3n) is 2.27. The van der Waals surface area contributed by atoms with Crippen LogP contribution in [0.3, 0.4) is 0 Å². The van der Waals surface area contributed by atoms with E-state index in [1.807, 2.05) is 0 Å².